The van der Waals surface area contributed by atoms with E-state index in [1.54, 1.807) is 0 Å². The summed E-state index contributed by atoms with van der Waals surface area (Å²) in [6, 6.07) is 40.2. The summed E-state index contributed by atoms with van der Waals surface area (Å²) >= 11 is 0. The van der Waals surface area contributed by atoms with Gasteiger partial charge in [0.15, 0.2) is 0 Å². The van der Waals surface area contributed by atoms with Crippen LogP contribution in [-0.4, -0.2) is 10.3 Å². The fourth-order valence-corrected chi connectivity index (χ4v) is 6.33. The van der Waals surface area contributed by atoms with Crippen molar-refractivity contribution >= 4 is 60.7 Å². The summed E-state index contributed by atoms with van der Waals surface area (Å²) in [5, 5.41) is 4.55. The van der Waals surface area contributed by atoms with E-state index in [2.05, 4.69) is 133 Å². The Labute approximate surface area is 249 Å². The van der Waals surface area contributed by atoms with Gasteiger partial charge in [-0.2, -0.15) is 0 Å². The fourth-order valence-electron chi connectivity index (χ4n) is 6.33. The minimum Gasteiger partial charge on any atom is -0.456 e. The molecule has 0 N–H and O–H groups in total. The van der Waals surface area contributed by atoms with Gasteiger partial charge in [0.25, 0.3) is 0 Å². The lowest BCUT2D eigenvalue weighted by molar-refractivity contribution is 0.669. The Balaban J connectivity index is 1.30. The van der Waals surface area contributed by atoms with Crippen LogP contribution in [0.3, 0.4) is 0 Å². The van der Waals surface area contributed by atoms with Gasteiger partial charge >= 0.3 is 0 Å². The van der Waals surface area contributed by atoms with Crippen molar-refractivity contribution < 1.29 is 4.42 Å². The molecule has 204 valence electrons. The maximum atomic E-state index is 6.36. The Hall–Kier alpha value is -5.67. The number of furan rings is 1. The average molecular weight is 553 g/mol. The number of rotatable bonds is 4. The van der Waals surface area contributed by atoms with Gasteiger partial charge in [-0.25, -0.2) is 4.99 Å². The predicted molar refractivity (Wildman–Crippen MR) is 182 cm³/mol. The second-order valence-corrected chi connectivity index (χ2v) is 10.9. The van der Waals surface area contributed by atoms with Gasteiger partial charge in [-0.3, -0.25) is 0 Å². The van der Waals surface area contributed by atoms with Crippen LogP contribution < -0.4 is 0 Å². The maximum absolute atomic E-state index is 6.36. The van der Waals surface area contributed by atoms with Crippen LogP contribution in [0.2, 0.25) is 0 Å². The molecule has 7 aromatic rings. The molecule has 0 radical (unpaired) electrons. The van der Waals surface area contributed by atoms with Crippen molar-refractivity contribution in [3.8, 4) is 5.69 Å². The van der Waals surface area contributed by atoms with Gasteiger partial charge in [-0.15, -0.1) is 0 Å². The molecule has 0 bridgehead atoms. The molecule has 0 unspecified atom stereocenters. The van der Waals surface area contributed by atoms with Crippen LogP contribution >= 0.6 is 0 Å². The van der Waals surface area contributed by atoms with E-state index in [1.807, 2.05) is 24.3 Å². The van der Waals surface area contributed by atoms with Crippen molar-refractivity contribution in [3.63, 3.8) is 0 Å². The lowest BCUT2D eigenvalue weighted by atomic mass is 9.95. The van der Waals surface area contributed by atoms with Gasteiger partial charge in [-0.05, 0) is 60.5 Å². The first-order valence-electron chi connectivity index (χ1n) is 14.5. The topological polar surface area (TPSA) is 30.4 Å². The van der Waals surface area contributed by atoms with E-state index in [9.17, 15) is 0 Å². The Bertz CT molecular complexity index is 2300. The van der Waals surface area contributed by atoms with Crippen molar-refractivity contribution in [1.29, 1.82) is 0 Å². The molecule has 0 aliphatic heterocycles. The summed E-state index contributed by atoms with van der Waals surface area (Å²) in [4.78, 5) is 5.10. The van der Waals surface area contributed by atoms with E-state index in [1.165, 1.54) is 32.9 Å². The van der Waals surface area contributed by atoms with Gasteiger partial charge in [-0.1, -0.05) is 104 Å². The second kappa shape index (κ2) is 10.0. The van der Waals surface area contributed by atoms with E-state index < -0.39 is 0 Å². The molecule has 1 aliphatic carbocycles. The summed E-state index contributed by atoms with van der Waals surface area (Å²) in [5.74, 6) is 0. The minimum absolute atomic E-state index is 0.698. The molecule has 2 aromatic heterocycles. The van der Waals surface area contributed by atoms with E-state index in [0.717, 1.165) is 44.5 Å². The first-order chi connectivity index (χ1) is 21.2. The van der Waals surface area contributed by atoms with Crippen molar-refractivity contribution in [2.24, 2.45) is 4.99 Å². The number of aliphatic imine (C=N–C) groups is 1. The van der Waals surface area contributed by atoms with Crippen LogP contribution in [0.1, 0.15) is 18.1 Å². The largest absolute Gasteiger partial charge is 0.456 e. The number of allylic oxidation sites excluding steroid dienone is 6. The smallest absolute Gasteiger partial charge is 0.136 e. The molecule has 3 heteroatoms. The molecule has 0 saturated heterocycles. The van der Waals surface area contributed by atoms with Crippen LogP contribution in [0, 0.1) is 0 Å². The summed E-state index contributed by atoms with van der Waals surface area (Å²) in [5.41, 5.74) is 11.1. The Kier molecular flexibility index (Phi) is 5.83. The molecule has 8 rings (SSSR count). The molecule has 0 fully saturated rings. The zero-order chi connectivity index (χ0) is 28.9. The summed E-state index contributed by atoms with van der Waals surface area (Å²) in [6.45, 7) is 6.61. The Morgan fingerprint density at radius 1 is 0.674 bits per heavy atom. The predicted octanol–water partition coefficient (Wildman–Crippen LogP) is 10.7. The summed E-state index contributed by atoms with van der Waals surface area (Å²) in [6.07, 6.45) is 8.27. The van der Waals surface area contributed by atoms with Gasteiger partial charge in [0.05, 0.1) is 22.4 Å². The van der Waals surface area contributed by atoms with Crippen LogP contribution in [0.4, 0.5) is 0 Å². The van der Waals surface area contributed by atoms with Crippen molar-refractivity contribution in [1.82, 2.24) is 4.57 Å². The van der Waals surface area contributed by atoms with Crippen molar-refractivity contribution in [2.45, 2.75) is 6.92 Å². The molecular formula is C40H28N2O. The summed E-state index contributed by atoms with van der Waals surface area (Å²) in [7, 11) is 0. The van der Waals surface area contributed by atoms with E-state index >= 15 is 0 Å². The highest BCUT2D eigenvalue weighted by molar-refractivity contribution is 6.19. The standard InChI is InChI=1S/C40H28N2O/c1-26(28-13-4-3-5-14-28)30-15-6-9-19-35(30)41-27(2)31-18-12-22-39-40(31)34-25-29(23-24-38(34)43-39)42-36-20-10-7-16-32(36)33-17-8-11-21-37(33)42/h3-25H,2H2,1H3/b30-26+,41-35?. The van der Waals surface area contributed by atoms with E-state index in [4.69, 9.17) is 9.41 Å². The summed E-state index contributed by atoms with van der Waals surface area (Å²) < 4.78 is 8.70. The van der Waals surface area contributed by atoms with Gasteiger partial charge in [0.2, 0.25) is 0 Å². The van der Waals surface area contributed by atoms with Crippen LogP contribution in [0.25, 0.3) is 60.7 Å². The average Bonchev–Trinajstić information content (AvgIpc) is 3.60. The molecule has 2 heterocycles. The molecule has 0 saturated carbocycles. The number of nitrogens with zero attached hydrogens (tertiary/aromatic N) is 2. The Morgan fingerprint density at radius 3 is 2.14 bits per heavy atom. The number of fused-ring (bicyclic) bond motifs is 6. The van der Waals surface area contributed by atoms with Gasteiger partial charge < -0.3 is 8.98 Å². The Morgan fingerprint density at radius 2 is 1.37 bits per heavy atom. The molecule has 0 amide bonds. The molecule has 0 spiro atoms. The zero-order valence-electron chi connectivity index (χ0n) is 23.8. The SMILES string of the molecule is C=C(N=C1C=CC=C/C1=C(/C)c1ccccc1)c1cccc2oc3ccc(-n4c5ccccc5c5ccccc54)cc3c12. The highest BCUT2D eigenvalue weighted by Gasteiger charge is 2.17. The van der Waals surface area contributed by atoms with Crippen LogP contribution in [-0.2, 0) is 0 Å². The van der Waals surface area contributed by atoms with E-state index in [-0.39, 0.29) is 0 Å². The monoisotopic (exact) mass is 552 g/mol. The highest BCUT2D eigenvalue weighted by Crippen LogP contribution is 2.38. The number of para-hydroxylation sites is 2. The molecule has 3 nitrogen and oxygen atoms in total. The molecule has 43 heavy (non-hydrogen) atoms. The third-order valence-electron chi connectivity index (χ3n) is 8.40. The third-order valence-corrected chi connectivity index (χ3v) is 8.40. The quantitative estimate of drug-likeness (QED) is 0.214. The first-order valence-corrected chi connectivity index (χ1v) is 14.5. The molecule has 0 atom stereocenters. The lowest BCUT2D eigenvalue weighted by Gasteiger charge is -2.13. The number of benzene rings is 5. The van der Waals surface area contributed by atoms with Crippen molar-refractivity contribution in [3.05, 3.63) is 163 Å². The molecule has 1 aliphatic rings. The second-order valence-electron chi connectivity index (χ2n) is 10.9. The van der Waals surface area contributed by atoms with Crippen LogP contribution in [0.5, 0.6) is 0 Å². The first kappa shape index (κ1) is 25.1. The number of aromatic nitrogens is 1. The van der Waals surface area contributed by atoms with E-state index in [0.29, 0.717) is 5.70 Å². The maximum Gasteiger partial charge on any atom is 0.136 e. The van der Waals surface area contributed by atoms with Gasteiger partial charge in [0.1, 0.15) is 11.2 Å². The third kappa shape index (κ3) is 4.09. The zero-order valence-corrected chi connectivity index (χ0v) is 23.8. The van der Waals surface area contributed by atoms with Crippen molar-refractivity contribution in [2.75, 3.05) is 0 Å². The molecular weight excluding hydrogens is 524 g/mol. The minimum atomic E-state index is 0.698. The number of hydrogen-bond acceptors (Lipinski definition) is 2. The molecule has 5 aromatic carbocycles. The number of hydrogen-bond donors (Lipinski definition) is 0. The van der Waals surface area contributed by atoms with Gasteiger partial charge in [0, 0.05) is 38.4 Å². The fraction of sp³-hybridized carbons (Fsp3) is 0.0250. The normalized spacial score (nSPS) is 15.3. The lowest BCUT2D eigenvalue weighted by Crippen LogP contribution is -2.03. The highest BCUT2D eigenvalue weighted by atomic mass is 16.3. The van der Waals surface area contributed by atoms with Crippen LogP contribution in [0.15, 0.2) is 161 Å².